The molecular formula is C15H12N2O4. The fourth-order valence-electron chi connectivity index (χ4n) is 1.83. The first-order valence-electron chi connectivity index (χ1n) is 6.25. The molecule has 2 rings (SSSR count). The maximum Gasteiger partial charge on any atom is 0.347 e. The summed E-state index contributed by atoms with van der Waals surface area (Å²) in [5, 5.41) is 9.13. The van der Waals surface area contributed by atoms with E-state index in [0.717, 1.165) is 6.08 Å². The Hall–Kier alpha value is -2.94. The van der Waals surface area contributed by atoms with Gasteiger partial charge in [-0.2, -0.15) is 5.26 Å². The number of aromatic nitrogens is 1. The number of hydrogen-bond donors (Lipinski definition) is 0. The van der Waals surface area contributed by atoms with Crippen molar-refractivity contribution >= 4 is 22.9 Å². The van der Waals surface area contributed by atoms with Crippen molar-refractivity contribution in [3.63, 3.8) is 0 Å². The van der Waals surface area contributed by atoms with E-state index in [2.05, 4.69) is 4.98 Å². The van der Waals surface area contributed by atoms with Gasteiger partial charge in [0.25, 0.3) is 0 Å². The van der Waals surface area contributed by atoms with Gasteiger partial charge < -0.3 is 9.15 Å². The third-order valence-corrected chi connectivity index (χ3v) is 2.72. The van der Waals surface area contributed by atoms with E-state index in [-0.39, 0.29) is 17.9 Å². The van der Waals surface area contributed by atoms with Crippen LogP contribution in [0.1, 0.15) is 23.9 Å². The topological polar surface area (TPSA) is 93.2 Å². The summed E-state index contributed by atoms with van der Waals surface area (Å²) in [7, 11) is 0. The van der Waals surface area contributed by atoms with Crippen LogP contribution < -0.4 is 5.63 Å². The molecule has 0 saturated heterocycles. The van der Waals surface area contributed by atoms with Crippen LogP contribution in [0.25, 0.3) is 17.0 Å². The number of benzene rings is 1. The smallest absolute Gasteiger partial charge is 0.347 e. The molecule has 0 N–H and O–H groups in total. The van der Waals surface area contributed by atoms with Gasteiger partial charge in [-0.1, -0.05) is 0 Å². The molecule has 0 amide bonds. The number of aryl methyl sites for hydroxylation is 1. The maximum atomic E-state index is 11.9. The second kappa shape index (κ2) is 6.01. The van der Waals surface area contributed by atoms with Gasteiger partial charge in [0.05, 0.1) is 29.1 Å². The molecular weight excluding hydrogens is 272 g/mol. The molecule has 1 aromatic heterocycles. The number of esters is 1. The molecule has 0 aliphatic heterocycles. The fraction of sp³-hybridized carbons (Fsp3) is 0.200. The Balaban J connectivity index is 2.51. The van der Waals surface area contributed by atoms with Crippen molar-refractivity contribution in [2.24, 2.45) is 0 Å². The van der Waals surface area contributed by atoms with Crippen LogP contribution in [0.15, 0.2) is 27.4 Å². The highest BCUT2D eigenvalue weighted by Gasteiger charge is 2.09. The Kier molecular flexibility index (Phi) is 4.14. The number of carbonyl (C=O) groups is 1. The van der Waals surface area contributed by atoms with Gasteiger partial charge in [0.1, 0.15) is 0 Å². The van der Waals surface area contributed by atoms with E-state index in [4.69, 9.17) is 14.4 Å². The van der Waals surface area contributed by atoms with Gasteiger partial charge in [-0.3, -0.25) is 0 Å². The van der Waals surface area contributed by atoms with Crippen molar-refractivity contribution in [2.45, 2.75) is 13.8 Å². The Morgan fingerprint density at radius 1 is 1.52 bits per heavy atom. The fourth-order valence-corrected chi connectivity index (χ4v) is 1.83. The van der Waals surface area contributed by atoms with Gasteiger partial charge in [0, 0.05) is 12.2 Å². The lowest BCUT2D eigenvalue weighted by molar-refractivity contribution is -0.137. The van der Waals surface area contributed by atoms with Crippen molar-refractivity contribution in [3.05, 3.63) is 45.6 Å². The summed E-state index contributed by atoms with van der Waals surface area (Å²) in [6, 6.07) is 5.04. The van der Waals surface area contributed by atoms with Crippen LogP contribution in [0.4, 0.5) is 0 Å². The molecule has 0 radical (unpaired) electrons. The van der Waals surface area contributed by atoms with Crippen LogP contribution >= 0.6 is 0 Å². The standard InChI is InChI=1S/C15H12N2O4/c1-3-20-13(18)5-4-12-17-14-9(2)6-10(8-16)7-11(14)15(19)21-12/h4-7H,3H2,1-2H3/b5-4+. The highest BCUT2D eigenvalue weighted by Crippen LogP contribution is 2.16. The lowest BCUT2D eigenvalue weighted by Crippen LogP contribution is -2.05. The van der Waals surface area contributed by atoms with Crippen molar-refractivity contribution in [3.8, 4) is 6.07 Å². The molecule has 0 aliphatic carbocycles. The van der Waals surface area contributed by atoms with Gasteiger partial charge in [-0.25, -0.2) is 14.6 Å². The molecule has 106 valence electrons. The molecule has 1 heterocycles. The number of ether oxygens (including phenoxy) is 1. The van der Waals surface area contributed by atoms with E-state index in [1.807, 2.05) is 6.07 Å². The predicted octanol–water partition coefficient (Wildman–Crippen LogP) is 1.94. The number of nitriles is 1. The molecule has 0 bridgehead atoms. The van der Waals surface area contributed by atoms with Gasteiger partial charge in [0.15, 0.2) is 0 Å². The molecule has 0 aliphatic rings. The number of rotatable bonds is 3. The summed E-state index contributed by atoms with van der Waals surface area (Å²) < 4.78 is 9.73. The largest absolute Gasteiger partial charge is 0.463 e. The quantitative estimate of drug-likeness (QED) is 0.631. The van der Waals surface area contributed by atoms with Crippen molar-refractivity contribution < 1.29 is 13.9 Å². The normalized spacial score (nSPS) is 10.7. The van der Waals surface area contributed by atoms with Gasteiger partial charge in [0.2, 0.25) is 5.89 Å². The Bertz CT molecular complexity index is 828. The second-order valence-electron chi connectivity index (χ2n) is 4.23. The van der Waals surface area contributed by atoms with Crippen molar-refractivity contribution in [1.29, 1.82) is 5.26 Å². The summed E-state index contributed by atoms with van der Waals surface area (Å²) in [5.74, 6) is -0.535. The monoisotopic (exact) mass is 284 g/mol. The first kappa shape index (κ1) is 14.5. The molecule has 21 heavy (non-hydrogen) atoms. The highest BCUT2D eigenvalue weighted by atomic mass is 16.5. The molecule has 6 nitrogen and oxygen atoms in total. The average molecular weight is 284 g/mol. The third-order valence-electron chi connectivity index (χ3n) is 2.72. The first-order valence-corrected chi connectivity index (χ1v) is 6.25. The summed E-state index contributed by atoms with van der Waals surface area (Å²) in [5.41, 5.74) is 0.879. The summed E-state index contributed by atoms with van der Waals surface area (Å²) in [6.07, 6.45) is 2.41. The zero-order valence-corrected chi connectivity index (χ0v) is 11.5. The van der Waals surface area contributed by atoms with Crippen LogP contribution in [0.5, 0.6) is 0 Å². The molecule has 6 heteroatoms. The zero-order valence-electron chi connectivity index (χ0n) is 11.5. The molecule has 0 unspecified atom stereocenters. The Labute approximate surface area is 120 Å². The van der Waals surface area contributed by atoms with E-state index in [1.165, 1.54) is 12.1 Å². The number of nitrogens with zero attached hydrogens (tertiary/aromatic N) is 2. The van der Waals surface area contributed by atoms with E-state index in [1.54, 1.807) is 19.9 Å². The summed E-state index contributed by atoms with van der Waals surface area (Å²) >= 11 is 0. The number of carbonyl (C=O) groups excluding carboxylic acids is 1. The van der Waals surface area contributed by atoms with E-state index in [0.29, 0.717) is 16.6 Å². The van der Waals surface area contributed by atoms with Gasteiger partial charge >= 0.3 is 11.6 Å². The van der Waals surface area contributed by atoms with Crippen LogP contribution in [0.2, 0.25) is 0 Å². The minimum Gasteiger partial charge on any atom is -0.463 e. The SMILES string of the molecule is CCOC(=O)/C=C/c1nc2c(C)cc(C#N)cc2c(=O)o1. The minimum absolute atomic E-state index is 0.00774. The third kappa shape index (κ3) is 3.15. The van der Waals surface area contributed by atoms with E-state index in [9.17, 15) is 9.59 Å². The maximum absolute atomic E-state index is 11.9. The summed E-state index contributed by atoms with van der Waals surface area (Å²) in [6.45, 7) is 3.69. The van der Waals surface area contributed by atoms with E-state index >= 15 is 0 Å². The lowest BCUT2D eigenvalue weighted by Gasteiger charge is -2.02. The average Bonchev–Trinajstić information content (AvgIpc) is 2.46. The van der Waals surface area contributed by atoms with Crippen LogP contribution in [-0.2, 0) is 9.53 Å². The number of hydrogen-bond acceptors (Lipinski definition) is 6. The first-order chi connectivity index (χ1) is 10.0. The highest BCUT2D eigenvalue weighted by molar-refractivity contribution is 5.87. The van der Waals surface area contributed by atoms with Gasteiger partial charge in [-0.05, 0) is 31.5 Å². The molecule has 1 aromatic carbocycles. The molecule has 0 spiro atoms. The summed E-state index contributed by atoms with van der Waals surface area (Å²) in [4.78, 5) is 27.3. The van der Waals surface area contributed by atoms with Crippen LogP contribution in [0.3, 0.4) is 0 Å². The molecule has 0 atom stereocenters. The lowest BCUT2D eigenvalue weighted by atomic mass is 10.1. The van der Waals surface area contributed by atoms with Gasteiger partial charge in [-0.15, -0.1) is 0 Å². The predicted molar refractivity (Wildman–Crippen MR) is 75.4 cm³/mol. The van der Waals surface area contributed by atoms with Crippen molar-refractivity contribution in [1.82, 2.24) is 4.98 Å². The number of fused-ring (bicyclic) bond motifs is 1. The zero-order chi connectivity index (χ0) is 15.4. The van der Waals surface area contributed by atoms with Crippen molar-refractivity contribution in [2.75, 3.05) is 6.61 Å². The second-order valence-corrected chi connectivity index (χ2v) is 4.23. The minimum atomic E-state index is -0.608. The van der Waals surface area contributed by atoms with E-state index < -0.39 is 11.6 Å². The Morgan fingerprint density at radius 3 is 2.95 bits per heavy atom. The van der Waals surface area contributed by atoms with Crippen LogP contribution in [-0.4, -0.2) is 17.6 Å². The molecule has 0 saturated carbocycles. The van der Waals surface area contributed by atoms with Crippen LogP contribution in [0, 0.1) is 18.3 Å². The molecule has 0 fully saturated rings. The molecule has 2 aromatic rings. The Morgan fingerprint density at radius 2 is 2.29 bits per heavy atom.